The van der Waals surface area contributed by atoms with Crippen LogP contribution < -0.4 is 4.74 Å². The lowest BCUT2D eigenvalue weighted by Crippen LogP contribution is -2.35. The van der Waals surface area contributed by atoms with Gasteiger partial charge in [0.1, 0.15) is 5.75 Å². The van der Waals surface area contributed by atoms with Crippen LogP contribution in [0.5, 0.6) is 5.75 Å². The summed E-state index contributed by atoms with van der Waals surface area (Å²) in [6.45, 7) is 2.44. The highest BCUT2D eigenvalue weighted by atomic mass is 32.2. The van der Waals surface area contributed by atoms with E-state index in [4.69, 9.17) is 4.74 Å². The second-order valence-corrected chi connectivity index (χ2v) is 6.67. The Kier molecular flexibility index (Phi) is 3.92. The van der Waals surface area contributed by atoms with Crippen molar-refractivity contribution in [3.05, 3.63) is 29.8 Å². The molecule has 2 rings (SSSR count). The topological polar surface area (TPSA) is 46.6 Å². The van der Waals surface area contributed by atoms with E-state index in [2.05, 4.69) is 0 Å². The van der Waals surface area contributed by atoms with E-state index in [0.717, 1.165) is 11.3 Å². The van der Waals surface area contributed by atoms with Crippen molar-refractivity contribution >= 4 is 10.0 Å². The molecule has 1 aromatic carbocycles. The van der Waals surface area contributed by atoms with Gasteiger partial charge in [-0.15, -0.1) is 0 Å². The Bertz CT molecular complexity index is 513. The van der Waals surface area contributed by atoms with E-state index in [0.29, 0.717) is 19.4 Å². The first-order valence-corrected chi connectivity index (χ1v) is 7.84. The lowest BCUT2D eigenvalue weighted by molar-refractivity contribution is 0.221. The summed E-state index contributed by atoms with van der Waals surface area (Å²) >= 11 is 0. The molecule has 4 nitrogen and oxygen atoms in total. The Morgan fingerprint density at radius 2 is 2.11 bits per heavy atom. The van der Waals surface area contributed by atoms with Gasteiger partial charge in [-0.2, -0.15) is 4.31 Å². The van der Waals surface area contributed by atoms with Crippen LogP contribution in [0.2, 0.25) is 0 Å². The standard InChI is InChI=1S/C13H19NO3S/c1-3-10-18(15,16)14(2)12-8-9-17-13-7-5-4-6-11(12)13/h4-7,12H,3,8-10H2,1-2H3. The van der Waals surface area contributed by atoms with Gasteiger partial charge in [-0.1, -0.05) is 25.1 Å². The van der Waals surface area contributed by atoms with Gasteiger partial charge in [-0.25, -0.2) is 8.42 Å². The summed E-state index contributed by atoms with van der Waals surface area (Å²) in [7, 11) is -1.51. The Morgan fingerprint density at radius 3 is 2.83 bits per heavy atom. The number of fused-ring (bicyclic) bond motifs is 1. The summed E-state index contributed by atoms with van der Waals surface area (Å²) in [5.41, 5.74) is 0.964. The molecule has 5 heteroatoms. The van der Waals surface area contributed by atoms with Gasteiger partial charge in [0.2, 0.25) is 10.0 Å². The molecule has 0 saturated carbocycles. The van der Waals surface area contributed by atoms with Gasteiger partial charge in [0.15, 0.2) is 0 Å². The maximum atomic E-state index is 12.1. The second kappa shape index (κ2) is 5.28. The van der Waals surface area contributed by atoms with Gasteiger partial charge in [0.25, 0.3) is 0 Å². The van der Waals surface area contributed by atoms with Crippen LogP contribution in [0.3, 0.4) is 0 Å². The number of sulfonamides is 1. The van der Waals surface area contributed by atoms with E-state index in [1.807, 2.05) is 31.2 Å². The molecule has 18 heavy (non-hydrogen) atoms. The molecule has 1 atom stereocenters. The zero-order valence-electron chi connectivity index (χ0n) is 10.8. The molecular weight excluding hydrogens is 250 g/mol. The number of hydrogen-bond donors (Lipinski definition) is 0. The fourth-order valence-electron chi connectivity index (χ4n) is 2.30. The predicted octanol–water partition coefficient (Wildman–Crippen LogP) is 2.18. The Labute approximate surface area is 109 Å². The minimum Gasteiger partial charge on any atom is -0.493 e. The van der Waals surface area contributed by atoms with Gasteiger partial charge >= 0.3 is 0 Å². The molecule has 1 aromatic rings. The van der Waals surface area contributed by atoms with Crippen LogP contribution in [0.25, 0.3) is 0 Å². The van der Waals surface area contributed by atoms with Crippen LogP contribution >= 0.6 is 0 Å². The fraction of sp³-hybridized carbons (Fsp3) is 0.538. The molecule has 0 radical (unpaired) electrons. The van der Waals surface area contributed by atoms with Crippen LogP contribution in [0.1, 0.15) is 31.4 Å². The first-order chi connectivity index (χ1) is 8.56. The van der Waals surface area contributed by atoms with Crippen molar-refractivity contribution in [1.82, 2.24) is 4.31 Å². The van der Waals surface area contributed by atoms with Gasteiger partial charge in [-0.05, 0) is 12.5 Å². The molecule has 1 unspecified atom stereocenters. The zero-order valence-corrected chi connectivity index (χ0v) is 11.6. The molecule has 0 bridgehead atoms. The highest BCUT2D eigenvalue weighted by molar-refractivity contribution is 7.89. The summed E-state index contributed by atoms with van der Waals surface area (Å²) in [5, 5.41) is 0. The Balaban J connectivity index is 2.31. The Hall–Kier alpha value is -1.07. The smallest absolute Gasteiger partial charge is 0.214 e. The number of rotatable bonds is 4. The van der Waals surface area contributed by atoms with Crippen molar-refractivity contribution in [2.75, 3.05) is 19.4 Å². The lowest BCUT2D eigenvalue weighted by atomic mass is 10.0. The van der Waals surface area contributed by atoms with Crippen molar-refractivity contribution in [3.63, 3.8) is 0 Å². The van der Waals surface area contributed by atoms with Gasteiger partial charge in [0, 0.05) is 19.0 Å². The van der Waals surface area contributed by atoms with Crippen molar-refractivity contribution in [1.29, 1.82) is 0 Å². The first kappa shape index (κ1) is 13.4. The van der Waals surface area contributed by atoms with E-state index in [9.17, 15) is 8.42 Å². The molecule has 0 fully saturated rings. The number of hydrogen-bond acceptors (Lipinski definition) is 3. The van der Waals surface area contributed by atoms with Crippen LogP contribution in [-0.4, -0.2) is 32.1 Å². The lowest BCUT2D eigenvalue weighted by Gasteiger charge is -2.32. The second-order valence-electron chi connectivity index (χ2n) is 4.52. The van der Waals surface area contributed by atoms with E-state index in [1.165, 1.54) is 4.31 Å². The third-order valence-corrected chi connectivity index (χ3v) is 5.32. The minimum absolute atomic E-state index is 0.105. The summed E-state index contributed by atoms with van der Waals surface area (Å²) in [4.78, 5) is 0. The highest BCUT2D eigenvalue weighted by Gasteiger charge is 2.30. The molecule has 0 amide bonds. The SMILES string of the molecule is CCCS(=O)(=O)N(C)C1CCOc2ccccc21. The molecule has 1 heterocycles. The van der Waals surface area contributed by atoms with Crippen LogP contribution in [0.15, 0.2) is 24.3 Å². The number of benzene rings is 1. The van der Waals surface area contributed by atoms with Crippen molar-refractivity contribution in [2.45, 2.75) is 25.8 Å². The molecule has 0 N–H and O–H groups in total. The molecule has 0 aromatic heterocycles. The monoisotopic (exact) mass is 269 g/mol. The Morgan fingerprint density at radius 1 is 1.39 bits per heavy atom. The van der Waals surface area contributed by atoms with Crippen LogP contribution in [0.4, 0.5) is 0 Å². The summed E-state index contributed by atoms with van der Waals surface area (Å²) in [6, 6.07) is 7.55. The molecule has 0 aliphatic carbocycles. The molecule has 0 saturated heterocycles. The third kappa shape index (κ3) is 2.52. The maximum absolute atomic E-state index is 12.1. The molecule has 0 spiro atoms. The summed E-state index contributed by atoms with van der Waals surface area (Å²) < 4.78 is 31.3. The average Bonchev–Trinajstić information content (AvgIpc) is 2.37. The maximum Gasteiger partial charge on any atom is 0.214 e. The average molecular weight is 269 g/mol. The van der Waals surface area contributed by atoms with E-state index in [-0.39, 0.29) is 11.8 Å². The quantitative estimate of drug-likeness (QED) is 0.841. The largest absolute Gasteiger partial charge is 0.493 e. The molecular formula is C13H19NO3S. The van der Waals surface area contributed by atoms with Gasteiger partial charge in [0.05, 0.1) is 18.4 Å². The van der Waals surface area contributed by atoms with Gasteiger partial charge in [-0.3, -0.25) is 0 Å². The number of para-hydroxylation sites is 1. The summed E-state index contributed by atoms with van der Waals surface area (Å²) in [6.07, 6.45) is 1.34. The first-order valence-electron chi connectivity index (χ1n) is 6.23. The van der Waals surface area contributed by atoms with Crippen molar-refractivity contribution in [2.24, 2.45) is 0 Å². The zero-order chi connectivity index (χ0) is 13.2. The summed E-state index contributed by atoms with van der Waals surface area (Å²) in [5.74, 6) is 0.996. The number of nitrogens with zero attached hydrogens (tertiary/aromatic N) is 1. The van der Waals surface area contributed by atoms with Crippen molar-refractivity contribution in [3.8, 4) is 5.75 Å². The van der Waals surface area contributed by atoms with E-state index >= 15 is 0 Å². The van der Waals surface area contributed by atoms with Crippen LogP contribution in [-0.2, 0) is 10.0 Å². The van der Waals surface area contributed by atoms with E-state index in [1.54, 1.807) is 7.05 Å². The number of ether oxygens (including phenoxy) is 1. The fourth-order valence-corrected chi connectivity index (χ4v) is 3.71. The molecule has 1 aliphatic rings. The normalized spacial score (nSPS) is 19.4. The minimum atomic E-state index is -3.17. The highest BCUT2D eigenvalue weighted by Crippen LogP contribution is 2.36. The molecule has 1 aliphatic heterocycles. The van der Waals surface area contributed by atoms with Crippen molar-refractivity contribution < 1.29 is 13.2 Å². The van der Waals surface area contributed by atoms with Crippen LogP contribution in [0, 0.1) is 0 Å². The molecule has 100 valence electrons. The predicted molar refractivity (Wildman–Crippen MR) is 71.1 cm³/mol. The third-order valence-electron chi connectivity index (χ3n) is 3.27. The van der Waals surface area contributed by atoms with Gasteiger partial charge < -0.3 is 4.74 Å². The van der Waals surface area contributed by atoms with E-state index < -0.39 is 10.0 Å².